The van der Waals surface area contributed by atoms with E-state index in [4.69, 9.17) is 11.5 Å². The van der Waals surface area contributed by atoms with Gasteiger partial charge < -0.3 is 11.5 Å². The van der Waals surface area contributed by atoms with Crippen molar-refractivity contribution >= 4 is 20.5 Å². The number of hydrogen-bond acceptors (Lipinski definition) is 4. The highest BCUT2D eigenvalue weighted by molar-refractivity contribution is 8.63. The highest BCUT2D eigenvalue weighted by atomic mass is 33.1. The van der Waals surface area contributed by atoms with Crippen molar-refractivity contribution < 1.29 is 8.42 Å². The lowest BCUT2D eigenvalue weighted by atomic mass is 10.3. The molecule has 0 rings (SSSR count). The number of nitrogens with two attached hydrogens (primary N) is 2. The molecule has 0 aliphatic carbocycles. The van der Waals surface area contributed by atoms with Crippen LogP contribution in [0.15, 0.2) is 0 Å². The van der Waals surface area contributed by atoms with Crippen molar-refractivity contribution in [2.45, 2.75) is 19.0 Å². The van der Waals surface area contributed by atoms with Gasteiger partial charge in [0.05, 0.1) is 11.9 Å². The molecule has 4 N–H and O–H groups in total. The number of hydrogen-bond donors (Lipinski definition) is 3. The molecule has 0 unspecified atom stereocenters. The third-order valence-electron chi connectivity index (χ3n) is 0.940. The fourth-order valence-electron chi connectivity index (χ4n) is 0.501. The molecule has 0 bridgehead atoms. The van der Waals surface area contributed by atoms with Gasteiger partial charge >= 0.3 is 0 Å². The molecule has 10 heavy (non-hydrogen) atoms. The summed E-state index contributed by atoms with van der Waals surface area (Å²) in [5, 5.41) is 0. The minimum atomic E-state index is -3.14. The Kier molecular flexibility index (Phi) is 4.26. The molecule has 0 radical (unpaired) electrons. The maximum atomic E-state index is 10.4. The lowest BCUT2D eigenvalue weighted by molar-refractivity contribution is 0.593. The Hall–Kier alpha value is 0.220. The van der Waals surface area contributed by atoms with Crippen molar-refractivity contribution in [3.63, 3.8) is 0 Å². The molecule has 0 amide bonds. The molecule has 0 aliphatic heterocycles. The predicted molar refractivity (Wildman–Crippen MR) is 44.2 cm³/mol. The highest BCUT2D eigenvalue weighted by Gasteiger charge is 2.03. The molecule has 0 heterocycles. The van der Waals surface area contributed by atoms with Crippen LogP contribution < -0.4 is 11.5 Å². The summed E-state index contributed by atoms with van der Waals surface area (Å²) in [5.41, 5.74) is 10.4. The van der Waals surface area contributed by atoms with E-state index >= 15 is 0 Å². The standard InChI is InChI=1S/C4H12N2O2S2/c5-4(6)2-1-3-10(7,8)9/h4H,1-3,5-6H2,(H,7,8,9). The van der Waals surface area contributed by atoms with Crippen LogP contribution >= 0.6 is 11.7 Å². The zero-order chi connectivity index (χ0) is 8.20. The molecule has 0 saturated carbocycles. The van der Waals surface area contributed by atoms with Crippen molar-refractivity contribution in [2.75, 3.05) is 5.75 Å². The monoisotopic (exact) mass is 184 g/mol. The minimum absolute atomic E-state index is 0.0427. The summed E-state index contributed by atoms with van der Waals surface area (Å²) in [6, 6.07) is 0. The summed E-state index contributed by atoms with van der Waals surface area (Å²) in [5.74, 6) is 0.0427. The molecular weight excluding hydrogens is 172 g/mol. The van der Waals surface area contributed by atoms with Crippen LogP contribution in [0.2, 0.25) is 0 Å². The summed E-state index contributed by atoms with van der Waals surface area (Å²) in [6.07, 6.45) is 0.568. The van der Waals surface area contributed by atoms with Crippen LogP contribution in [0.3, 0.4) is 0 Å². The van der Waals surface area contributed by atoms with Crippen LogP contribution in [0.25, 0.3) is 0 Å². The maximum absolute atomic E-state index is 10.4. The zero-order valence-corrected chi connectivity index (χ0v) is 7.24. The first-order chi connectivity index (χ1) is 4.42. The molecule has 0 saturated heterocycles. The number of rotatable bonds is 4. The molecule has 0 fully saturated rings. The van der Waals surface area contributed by atoms with Gasteiger partial charge in [-0.2, -0.15) is 0 Å². The van der Waals surface area contributed by atoms with E-state index in [-0.39, 0.29) is 5.75 Å². The van der Waals surface area contributed by atoms with Gasteiger partial charge in [0.1, 0.15) is 0 Å². The zero-order valence-electron chi connectivity index (χ0n) is 5.53. The van der Waals surface area contributed by atoms with Crippen molar-refractivity contribution in [3.05, 3.63) is 0 Å². The van der Waals surface area contributed by atoms with E-state index in [1.165, 1.54) is 0 Å². The van der Waals surface area contributed by atoms with Crippen LogP contribution in [0.1, 0.15) is 12.8 Å². The van der Waals surface area contributed by atoms with E-state index in [1.54, 1.807) is 0 Å². The molecule has 0 aromatic heterocycles. The third-order valence-corrected chi connectivity index (χ3v) is 2.29. The number of thiol groups is 1. The molecule has 0 aliphatic rings. The van der Waals surface area contributed by atoms with E-state index < -0.39 is 15.0 Å². The molecule has 0 aromatic carbocycles. The van der Waals surface area contributed by atoms with Gasteiger partial charge in [0.15, 0.2) is 8.87 Å². The normalized spacial score (nSPS) is 12.4. The van der Waals surface area contributed by atoms with Crippen LogP contribution in [0.5, 0.6) is 0 Å². The smallest absolute Gasteiger partial charge is 0.198 e. The Balaban J connectivity index is 3.39. The Labute approximate surface area is 65.7 Å². The summed E-state index contributed by atoms with van der Waals surface area (Å²) in [7, 11) is -3.14. The average molecular weight is 184 g/mol. The van der Waals surface area contributed by atoms with E-state index in [0.29, 0.717) is 12.8 Å². The van der Waals surface area contributed by atoms with E-state index in [2.05, 4.69) is 11.7 Å². The summed E-state index contributed by atoms with van der Waals surface area (Å²) in [6.45, 7) is 0. The molecule has 6 heteroatoms. The largest absolute Gasteiger partial charge is 0.316 e. The van der Waals surface area contributed by atoms with E-state index in [0.717, 1.165) is 0 Å². The fraction of sp³-hybridized carbons (Fsp3) is 1.00. The van der Waals surface area contributed by atoms with E-state index in [9.17, 15) is 8.42 Å². The molecule has 0 aromatic rings. The quantitative estimate of drug-likeness (QED) is 0.305. The Morgan fingerprint density at radius 2 is 1.90 bits per heavy atom. The average Bonchev–Trinajstić information content (AvgIpc) is 1.59. The van der Waals surface area contributed by atoms with Crippen LogP contribution in [-0.4, -0.2) is 20.3 Å². The summed E-state index contributed by atoms with van der Waals surface area (Å²) in [4.78, 5) is 0. The van der Waals surface area contributed by atoms with Crippen LogP contribution in [0, 0.1) is 0 Å². The Morgan fingerprint density at radius 3 is 2.20 bits per heavy atom. The topological polar surface area (TPSA) is 86.2 Å². The van der Waals surface area contributed by atoms with Crippen molar-refractivity contribution in [2.24, 2.45) is 11.5 Å². The SMILES string of the molecule is NC(N)CCCS(=O)(=O)S. The second-order valence-electron chi connectivity index (χ2n) is 2.09. The van der Waals surface area contributed by atoms with Crippen molar-refractivity contribution in [1.29, 1.82) is 0 Å². The summed E-state index contributed by atoms with van der Waals surface area (Å²) < 4.78 is 20.8. The van der Waals surface area contributed by atoms with Crippen molar-refractivity contribution in [1.82, 2.24) is 0 Å². The lowest BCUT2D eigenvalue weighted by Crippen LogP contribution is -2.30. The summed E-state index contributed by atoms with van der Waals surface area (Å²) >= 11 is 3.35. The lowest BCUT2D eigenvalue weighted by Gasteiger charge is -2.01. The van der Waals surface area contributed by atoms with Gasteiger partial charge in [0.25, 0.3) is 0 Å². The highest BCUT2D eigenvalue weighted by Crippen LogP contribution is 2.00. The van der Waals surface area contributed by atoms with E-state index in [1.807, 2.05) is 0 Å². The van der Waals surface area contributed by atoms with Gasteiger partial charge in [0.2, 0.25) is 0 Å². The first-order valence-electron chi connectivity index (χ1n) is 2.88. The molecular formula is C4H12N2O2S2. The van der Waals surface area contributed by atoms with Crippen LogP contribution in [0.4, 0.5) is 0 Å². The third kappa shape index (κ3) is 8.22. The molecule has 4 nitrogen and oxygen atoms in total. The van der Waals surface area contributed by atoms with Gasteiger partial charge in [-0.25, -0.2) is 8.42 Å². The second kappa shape index (κ2) is 4.17. The van der Waals surface area contributed by atoms with Gasteiger partial charge in [-0.3, -0.25) is 0 Å². The second-order valence-corrected chi connectivity index (χ2v) is 5.33. The van der Waals surface area contributed by atoms with Crippen LogP contribution in [-0.2, 0) is 8.87 Å². The van der Waals surface area contributed by atoms with Gasteiger partial charge in [-0.1, -0.05) is 0 Å². The minimum Gasteiger partial charge on any atom is -0.316 e. The maximum Gasteiger partial charge on any atom is 0.198 e. The Morgan fingerprint density at radius 1 is 1.40 bits per heavy atom. The molecule has 62 valence electrons. The fourth-order valence-corrected chi connectivity index (χ4v) is 1.42. The van der Waals surface area contributed by atoms with Gasteiger partial charge in [0, 0.05) is 0 Å². The first-order valence-corrected chi connectivity index (χ1v) is 5.58. The Bertz CT molecular complexity index is 176. The molecule has 0 spiro atoms. The van der Waals surface area contributed by atoms with Crippen molar-refractivity contribution in [3.8, 4) is 0 Å². The first kappa shape index (κ1) is 10.2. The molecule has 0 atom stereocenters. The van der Waals surface area contributed by atoms with Gasteiger partial charge in [-0.05, 0) is 24.5 Å². The van der Waals surface area contributed by atoms with Gasteiger partial charge in [-0.15, -0.1) is 0 Å². The predicted octanol–water partition coefficient (Wildman–Crippen LogP) is -0.730.